The molecule has 3 heteroatoms. The van der Waals surface area contributed by atoms with E-state index in [0.717, 1.165) is 0 Å². The molecule has 0 aromatic rings. The van der Waals surface area contributed by atoms with E-state index < -0.39 is 5.85 Å². The number of hydrogen-bond acceptors (Lipinski definition) is 2. The van der Waals surface area contributed by atoms with E-state index in [2.05, 4.69) is 0 Å². The van der Waals surface area contributed by atoms with Crippen molar-refractivity contribution in [3.05, 3.63) is 23.9 Å². The largest absolute Gasteiger partial charge is 0.399 e. The second-order valence-corrected chi connectivity index (χ2v) is 2.46. The molecular formula is C8H12FNO. The van der Waals surface area contributed by atoms with Gasteiger partial charge in [-0.3, -0.25) is 0 Å². The zero-order valence-electron chi connectivity index (χ0n) is 6.51. The number of halogens is 1. The number of rotatable bonds is 2. The van der Waals surface area contributed by atoms with Gasteiger partial charge in [0.15, 0.2) is 0 Å². The van der Waals surface area contributed by atoms with Crippen LogP contribution >= 0.6 is 0 Å². The number of hydrogen-bond donors (Lipinski definition) is 1. The molecule has 0 radical (unpaired) electrons. The molecule has 62 valence electrons. The zero-order chi connectivity index (χ0) is 8.32. The maximum atomic E-state index is 13.3. The summed E-state index contributed by atoms with van der Waals surface area (Å²) in [6.07, 6.45) is 4.71. The molecule has 0 amide bonds. The Hall–Kier alpha value is -0.830. The molecular weight excluding hydrogens is 145 g/mol. The highest BCUT2D eigenvalue weighted by molar-refractivity contribution is 5.23. The van der Waals surface area contributed by atoms with Crippen molar-refractivity contribution < 1.29 is 9.13 Å². The summed E-state index contributed by atoms with van der Waals surface area (Å²) in [4.78, 5) is 0. The smallest absolute Gasteiger partial charge is 0.232 e. The van der Waals surface area contributed by atoms with Crippen molar-refractivity contribution >= 4 is 0 Å². The van der Waals surface area contributed by atoms with Crippen LogP contribution in [0.15, 0.2) is 23.9 Å². The van der Waals surface area contributed by atoms with Crippen LogP contribution in [0.1, 0.15) is 13.3 Å². The van der Waals surface area contributed by atoms with Crippen LogP contribution in [0.2, 0.25) is 0 Å². The van der Waals surface area contributed by atoms with Gasteiger partial charge in [-0.1, -0.05) is 6.08 Å². The first-order chi connectivity index (χ1) is 5.16. The molecule has 2 N–H and O–H groups in total. The molecule has 1 aliphatic rings. The Morgan fingerprint density at radius 2 is 2.55 bits per heavy atom. The molecule has 1 atom stereocenters. The second-order valence-electron chi connectivity index (χ2n) is 2.46. The summed E-state index contributed by atoms with van der Waals surface area (Å²) in [6.45, 7) is 2.13. The highest BCUT2D eigenvalue weighted by Gasteiger charge is 2.27. The van der Waals surface area contributed by atoms with E-state index >= 15 is 0 Å². The minimum atomic E-state index is -1.63. The Morgan fingerprint density at radius 1 is 1.82 bits per heavy atom. The van der Waals surface area contributed by atoms with Gasteiger partial charge in [0.25, 0.3) is 0 Å². The van der Waals surface area contributed by atoms with Crippen LogP contribution < -0.4 is 5.73 Å². The van der Waals surface area contributed by atoms with E-state index in [0.29, 0.717) is 12.3 Å². The fourth-order valence-electron chi connectivity index (χ4n) is 0.961. The molecule has 0 bridgehead atoms. The van der Waals surface area contributed by atoms with Gasteiger partial charge in [0.1, 0.15) is 0 Å². The van der Waals surface area contributed by atoms with Crippen LogP contribution in [0.4, 0.5) is 4.39 Å². The minimum absolute atomic E-state index is 0.211. The third kappa shape index (κ3) is 2.05. The Kier molecular flexibility index (Phi) is 2.29. The summed E-state index contributed by atoms with van der Waals surface area (Å²) < 4.78 is 18.2. The van der Waals surface area contributed by atoms with Crippen molar-refractivity contribution in [1.82, 2.24) is 0 Å². The zero-order valence-corrected chi connectivity index (χ0v) is 6.51. The first-order valence-electron chi connectivity index (χ1n) is 3.64. The van der Waals surface area contributed by atoms with Crippen molar-refractivity contribution in [3.63, 3.8) is 0 Å². The average Bonchev–Trinajstić information content (AvgIpc) is 1.97. The van der Waals surface area contributed by atoms with Crippen molar-refractivity contribution in [2.45, 2.75) is 19.2 Å². The Morgan fingerprint density at radius 3 is 3.00 bits per heavy atom. The van der Waals surface area contributed by atoms with Crippen LogP contribution in [0.5, 0.6) is 0 Å². The quantitative estimate of drug-likeness (QED) is 0.659. The average molecular weight is 157 g/mol. The van der Waals surface area contributed by atoms with Crippen molar-refractivity contribution in [2.75, 3.05) is 6.61 Å². The molecule has 1 aliphatic carbocycles. The van der Waals surface area contributed by atoms with Gasteiger partial charge >= 0.3 is 0 Å². The van der Waals surface area contributed by atoms with Gasteiger partial charge in [-0.2, -0.15) is 0 Å². The normalized spacial score (nSPS) is 30.2. The topological polar surface area (TPSA) is 35.2 Å². The standard InChI is InChI=1S/C8H12FNO/c1-2-11-8(9)5-3-7(10)4-6-8/h3-5H,2,6,10H2,1H3. The summed E-state index contributed by atoms with van der Waals surface area (Å²) in [5.74, 6) is -1.63. The van der Waals surface area contributed by atoms with Gasteiger partial charge in [-0.05, 0) is 19.1 Å². The summed E-state index contributed by atoms with van der Waals surface area (Å²) in [7, 11) is 0. The lowest BCUT2D eigenvalue weighted by molar-refractivity contribution is -0.0996. The third-order valence-corrected chi connectivity index (χ3v) is 1.53. The lowest BCUT2D eigenvalue weighted by atomic mass is 10.1. The van der Waals surface area contributed by atoms with E-state index in [9.17, 15) is 4.39 Å². The van der Waals surface area contributed by atoms with Gasteiger partial charge in [-0.25, -0.2) is 4.39 Å². The third-order valence-electron chi connectivity index (χ3n) is 1.53. The van der Waals surface area contributed by atoms with E-state index in [1.165, 1.54) is 12.2 Å². The fraction of sp³-hybridized carbons (Fsp3) is 0.500. The molecule has 0 saturated carbocycles. The molecule has 0 saturated heterocycles. The van der Waals surface area contributed by atoms with Crippen molar-refractivity contribution in [2.24, 2.45) is 5.73 Å². The highest BCUT2D eigenvalue weighted by Crippen LogP contribution is 2.24. The molecule has 11 heavy (non-hydrogen) atoms. The first kappa shape index (κ1) is 8.27. The molecule has 2 nitrogen and oxygen atoms in total. The molecule has 0 aromatic heterocycles. The second kappa shape index (κ2) is 3.05. The van der Waals surface area contributed by atoms with Crippen LogP contribution in [0.25, 0.3) is 0 Å². The van der Waals surface area contributed by atoms with Gasteiger partial charge in [0.05, 0.1) is 0 Å². The van der Waals surface area contributed by atoms with Gasteiger partial charge in [0.2, 0.25) is 5.85 Å². The first-order valence-corrected chi connectivity index (χ1v) is 3.64. The maximum absolute atomic E-state index is 13.3. The molecule has 1 rings (SSSR count). The fourth-order valence-corrected chi connectivity index (χ4v) is 0.961. The molecule has 0 aromatic carbocycles. The van der Waals surface area contributed by atoms with Crippen LogP contribution in [-0.2, 0) is 4.74 Å². The number of ether oxygens (including phenoxy) is 1. The molecule has 1 unspecified atom stereocenters. The van der Waals surface area contributed by atoms with Gasteiger partial charge in [0, 0.05) is 18.7 Å². The van der Waals surface area contributed by atoms with E-state index in [1.54, 1.807) is 13.0 Å². The van der Waals surface area contributed by atoms with Gasteiger partial charge in [-0.15, -0.1) is 0 Å². The monoisotopic (exact) mass is 157 g/mol. The lowest BCUT2D eigenvalue weighted by Crippen LogP contribution is -2.26. The Balaban J connectivity index is 2.58. The van der Waals surface area contributed by atoms with Crippen LogP contribution in [-0.4, -0.2) is 12.5 Å². The lowest BCUT2D eigenvalue weighted by Gasteiger charge is -2.22. The van der Waals surface area contributed by atoms with Crippen molar-refractivity contribution in [3.8, 4) is 0 Å². The van der Waals surface area contributed by atoms with Crippen LogP contribution in [0.3, 0.4) is 0 Å². The summed E-state index contributed by atoms with van der Waals surface area (Å²) in [5, 5.41) is 0. The van der Waals surface area contributed by atoms with E-state index in [4.69, 9.17) is 10.5 Å². The number of nitrogens with two attached hydrogens (primary N) is 1. The highest BCUT2D eigenvalue weighted by atomic mass is 19.2. The maximum Gasteiger partial charge on any atom is 0.232 e. The Bertz CT molecular complexity index is 200. The minimum Gasteiger partial charge on any atom is -0.399 e. The van der Waals surface area contributed by atoms with Gasteiger partial charge < -0.3 is 10.5 Å². The molecule has 0 fully saturated rings. The number of allylic oxidation sites excluding steroid dienone is 1. The SMILES string of the molecule is CCOC1(F)C=CC(N)=CC1. The Labute approximate surface area is 65.5 Å². The predicted molar refractivity (Wildman–Crippen MR) is 41.5 cm³/mol. The van der Waals surface area contributed by atoms with E-state index in [1.807, 2.05) is 0 Å². The summed E-state index contributed by atoms with van der Waals surface area (Å²) >= 11 is 0. The molecule has 0 heterocycles. The van der Waals surface area contributed by atoms with Crippen molar-refractivity contribution in [1.29, 1.82) is 0 Å². The summed E-state index contributed by atoms with van der Waals surface area (Å²) in [5.41, 5.74) is 6.00. The molecule has 0 aliphatic heterocycles. The predicted octanol–water partition coefficient (Wildman–Crippen LogP) is 1.49. The summed E-state index contributed by atoms with van der Waals surface area (Å²) in [6, 6.07) is 0. The molecule has 0 spiro atoms. The number of alkyl halides is 1. The van der Waals surface area contributed by atoms with Crippen LogP contribution in [0, 0.1) is 0 Å². The van der Waals surface area contributed by atoms with E-state index in [-0.39, 0.29) is 6.42 Å².